The Morgan fingerprint density at radius 1 is 1.16 bits per heavy atom. The van der Waals surface area contributed by atoms with Crippen molar-refractivity contribution >= 4 is 0 Å². The molecule has 1 unspecified atom stereocenters. The summed E-state index contributed by atoms with van der Waals surface area (Å²) in [5, 5.41) is 0. The smallest absolute Gasteiger partial charge is 0.0359 e. The summed E-state index contributed by atoms with van der Waals surface area (Å²) in [6.45, 7) is 10.6. The maximum atomic E-state index is 2.25. The van der Waals surface area contributed by atoms with Crippen molar-refractivity contribution in [3.05, 3.63) is 60.0 Å². The predicted molar refractivity (Wildman–Crippen MR) is 87.8 cm³/mol. The summed E-state index contributed by atoms with van der Waals surface area (Å²) in [5.41, 5.74) is 2.52. The molecule has 0 aromatic rings. The van der Waals surface area contributed by atoms with E-state index in [1.165, 1.54) is 11.4 Å². The fraction of sp³-hybridized carbons (Fsp3) is 0.444. The number of hydrogen-bond acceptors (Lipinski definition) is 1. The summed E-state index contributed by atoms with van der Waals surface area (Å²) < 4.78 is 0. The van der Waals surface area contributed by atoms with Gasteiger partial charge in [-0.2, -0.15) is 0 Å². The van der Waals surface area contributed by atoms with Crippen LogP contribution in [0.2, 0.25) is 0 Å². The van der Waals surface area contributed by atoms with Gasteiger partial charge in [0.2, 0.25) is 0 Å². The summed E-state index contributed by atoms with van der Waals surface area (Å²) in [5.74, 6) is 0.400. The van der Waals surface area contributed by atoms with Crippen molar-refractivity contribution in [2.45, 2.75) is 41.0 Å². The number of likely N-dealkylation sites (N-methyl/N-ethyl adjacent to an activating group) is 1. The minimum absolute atomic E-state index is 0.400. The van der Waals surface area contributed by atoms with Crippen molar-refractivity contribution < 1.29 is 0 Å². The Bertz CT molecular complexity index is 380. The van der Waals surface area contributed by atoms with Gasteiger partial charge in [0.15, 0.2) is 0 Å². The molecule has 0 bridgehead atoms. The van der Waals surface area contributed by atoms with Gasteiger partial charge >= 0.3 is 0 Å². The first kappa shape index (κ1) is 17.5. The maximum absolute atomic E-state index is 2.25. The van der Waals surface area contributed by atoms with Crippen molar-refractivity contribution in [1.29, 1.82) is 0 Å². The quantitative estimate of drug-likeness (QED) is 0.433. The molecule has 0 fully saturated rings. The monoisotopic (exact) mass is 259 g/mol. The van der Waals surface area contributed by atoms with Crippen molar-refractivity contribution in [2.75, 3.05) is 7.05 Å². The molecule has 0 aromatic heterocycles. The number of allylic oxidation sites excluding steroid dienone is 8. The van der Waals surface area contributed by atoms with Gasteiger partial charge in [0.25, 0.3) is 0 Å². The van der Waals surface area contributed by atoms with E-state index in [4.69, 9.17) is 0 Å². The van der Waals surface area contributed by atoms with Gasteiger partial charge in [0.1, 0.15) is 0 Å². The van der Waals surface area contributed by atoms with Crippen LogP contribution in [0.25, 0.3) is 0 Å². The Morgan fingerprint density at radius 2 is 1.84 bits per heavy atom. The lowest BCUT2D eigenvalue weighted by molar-refractivity contribution is 0.482. The highest BCUT2D eigenvalue weighted by Gasteiger charge is 2.11. The fourth-order valence-electron chi connectivity index (χ4n) is 1.98. The van der Waals surface area contributed by atoms with E-state index in [9.17, 15) is 0 Å². The molecule has 0 aliphatic carbocycles. The van der Waals surface area contributed by atoms with E-state index in [0.29, 0.717) is 5.92 Å². The lowest BCUT2D eigenvalue weighted by Crippen LogP contribution is -2.20. The minimum atomic E-state index is 0.400. The van der Waals surface area contributed by atoms with E-state index in [1.807, 2.05) is 6.92 Å². The van der Waals surface area contributed by atoms with Crippen LogP contribution in [0, 0.1) is 5.92 Å². The van der Waals surface area contributed by atoms with Crippen LogP contribution in [0.3, 0.4) is 0 Å². The maximum Gasteiger partial charge on any atom is 0.0359 e. The molecule has 0 aliphatic heterocycles. The standard InChI is InChI=1S/C18H29N/c1-7-11-12-15-18(16(5)13-8-2)19(6)17(10-4)14-9-3/h8-16H,7H2,1-6H3/b12-11?,13-8?,14-9-,17-10+,18-15+. The first-order valence-electron chi connectivity index (χ1n) is 7.14. The molecular weight excluding hydrogens is 230 g/mol. The Morgan fingerprint density at radius 3 is 2.32 bits per heavy atom. The van der Waals surface area contributed by atoms with E-state index in [-0.39, 0.29) is 0 Å². The summed E-state index contributed by atoms with van der Waals surface area (Å²) in [4.78, 5) is 2.25. The Kier molecular flexibility index (Phi) is 9.60. The first-order chi connectivity index (χ1) is 9.12. The molecule has 1 atom stereocenters. The molecule has 0 spiro atoms. The lowest BCUT2D eigenvalue weighted by Gasteiger charge is -2.27. The van der Waals surface area contributed by atoms with Crippen LogP contribution < -0.4 is 0 Å². The highest BCUT2D eigenvalue weighted by molar-refractivity contribution is 5.27. The van der Waals surface area contributed by atoms with E-state index < -0.39 is 0 Å². The molecule has 0 radical (unpaired) electrons. The zero-order valence-electron chi connectivity index (χ0n) is 13.4. The Balaban J connectivity index is 5.34. The molecular formula is C18H29N. The van der Waals surface area contributed by atoms with Crippen molar-refractivity contribution in [2.24, 2.45) is 5.92 Å². The van der Waals surface area contributed by atoms with Crippen LogP contribution in [-0.4, -0.2) is 11.9 Å². The van der Waals surface area contributed by atoms with Crippen LogP contribution in [0.4, 0.5) is 0 Å². The average molecular weight is 259 g/mol. The van der Waals surface area contributed by atoms with Crippen molar-refractivity contribution in [3.8, 4) is 0 Å². The summed E-state index contributed by atoms with van der Waals surface area (Å²) in [6.07, 6.45) is 18.3. The summed E-state index contributed by atoms with van der Waals surface area (Å²) in [7, 11) is 2.13. The van der Waals surface area contributed by atoms with Gasteiger partial charge in [-0.1, -0.05) is 50.3 Å². The van der Waals surface area contributed by atoms with Gasteiger partial charge in [-0.05, 0) is 39.3 Å². The highest BCUT2D eigenvalue weighted by atomic mass is 15.1. The zero-order chi connectivity index (χ0) is 14.7. The summed E-state index contributed by atoms with van der Waals surface area (Å²) >= 11 is 0. The predicted octanol–water partition coefficient (Wildman–Crippen LogP) is 5.46. The highest BCUT2D eigenvalue weighted by Crippen LogP contribution is 2.21. The average Bonchev–Trinajstić information content (AvgIpc) is 2.40. The zero-order valence-corrected chi connectivity index (χ0v) is 13.4. The SMILES string of the molecule is CC=CC(C)/C(=C\C=CCC)N(C)C(/C=C\C)=C/C. The van der Waals surface area contributed by atoms with Crippen molar-refractivity contribution in [1.82, 2.24) is 4.90 Å². The van der Waals surface area contributed by atoms with Gasteiger partial charge < -0.3 is 4.90 Å². The number of hydrogen-bond donors (Lipinski definition) is 0. The fourth-order valence-corrected chi connectivity index (χ4v) is 1.98. The third-order valence-corrected chi connectivity index (χ3v) is 2.99. The second-order valence-corrected chi connectivity index (χ2v) is 4.51. The molecule has 0 heterocycles. The number of rotatable bonds is 7. The second-order valence-electron chi connectivity index (χ2n) is 4.51. The molecule has 0 aromatic carbocycles. The van der Waals surface area contributed by atoms with Gasteiger partial charge in [0, 0.05) is 24.4 Å². The van der Waals surface area contributed by atoms with E-state index in [2.05, 4.69) is 88.3 Å². The lowest BCUT2D eigenvalue weighted by atomic mass is 10.0. The summed E-state index contributed by atoms with van der Waals surface area (Å²) in [6, 6.07) is 0. The van der Waals surface area contributed by atoms with E-state index in [0.717, 1.165) is 6.42 Å². The molecule has 106 valence electrons. The van der Waals surface area contributed by atoms with Gasteiger partial charge in [0.05, 0.1) is 0 Å². The largest absolute Gasteiger partial charge is 0.348 e. The van der Waals surface area contributed by atoms with Crippen LogP contribution in [0.15, 0.2) is 60.0 Å². The van der Waals surface area contributed by atoms with Gasteiger partial charge in [-0.15, -0.1) is 0 Å². The molecule has 1 heteroatoms. The molecule has 19 heavy (non-hydrogen) atoms. The van der Waals surface area contributed by atoms with Crippen LogP contribution in [0.5, 0.6) is 0 Å². The topological polar surface area (TPSA) is 3.24 Å². The van der Waals surface area contributed by atoms with E-state index >= 15 is 0 Å². The van der Waals surface area contributed by atoms with Crippen molar-refractivity contribution in [3.63, 3.8) is 0 Å². The molecule has 0 aliphatic rings. The van der Waals surface area contributed by atoms with Gasteiger partial charge in [-0.3, -0.25) is 0 Å². The molecule has 0 saturated carbocycles. The normalized spacial score (nSPS) is 15.9. The molecule has 0 N–H and O–H groups in total. The van der Waals surface area contributed by atoms with Crippen LogP contribution in [0.1, 0.15) is 41.0 Å². The molecule has 1 nitrogen and oxygen atoms in total. The van der Waals surface area contributed by atoms with Crippen LogP contribution >= 0.6 is 0 Å². The Hall–Kier alpha value is -1.50. The molecule has 0 amide bonds. The van der Waals surface area contributed by atoms with Crippen LogP contribution in [-0.2, 0) is 0 Å². The molecule has 0 saturated heterocycles. The molecule has 0 rings (SSSR count). The first-order valence-corrected chi connectivity index (χ1v) is 7.14. The Labute approximate surface area is 119 Å². The number of nitrogens with zero attached hydrogens (tertiary/aromatic N) is 1. The third-order valence-electron chi connectivity index (χ3n) is 2.99. The van der Waals surface area contributed by atoms with Gasteiger partial charge in [-0.25, -0.2) is 0 Å². The minimum Gasteiger partial charge on any atom is -0.348 e. The van der Waals surface area contributed by atoms with E-state index in [1.54, 1.807) is 0 Å². The second kappa shape index (κ2) is 10.4. The third kappa shape index (κ3) is 6.28.